The Morgan fingerprint density at radius 1 is 1.05 bits per heavy atom. The van der Waals surface area contributed by atoms with Crippen molar-refractivity contribution < 1.29 is 0 Å². The summed E-state index contributed by atoms with van der Waals surface area (Å²) in [6, 6.07) is 18.1. The quantitative estimate of drug-likeness (QED) is 0.642. The third-order valence-electron chi connectivity index (χ3n) is 5.27. The molecule has 21 heavy (non-hydrogen) atoms. The Labute approximate surface area is 126 Å². The Morgan fingerprint density at radius 3 is 2.29 bits per heavy atom. The van der Waals surface area contributed by atoms with Crippen LogP contribution in [0.25, 0.3) is 0 Å². The van der Waals surface area contributed by atoms with E-state index < -0.39 is 0 Å². The molecule has 2 bridgehead atoms. The molecule has 0 saturated heterocycles. The number of nitrogens with one attached hydrogen (secondary N) is 1. The van der Waals surface area contributed by atoms with E-state index in [4.69, 9.17) is 0 Å². The summed E-state index contributed by atoms with van der Waals surface area (Å²) in [7, 11) is 0. The molecule has 1 heteroatoms. The average molecular weight is 275 g/mol. The van der Waals surface area contributed by atoms with Crippen molar-refractivity contribution >= 4 is 0 Å². The van der Waals surface area contributed by atoms with Crippen LogP contribution in [0.2, 0.25) is 0 Å². The highest BCUT2D eigenvalue weighted by Gasteiger charge is 2.51. The summed E-state index contributed by atoms with van der Waals surface area (Å²) >= 11 is 0. The van der Waals surface area contributed by atoms with Gasteiger partial charge in [-0.05, 0) is 41.6 Å². The molecule has 2 aromatic carbocycles. The molecule has 0 spiro atoms. The van der Waals surface area contributed by atoms with Gasteiger partial charge in [0, 0.05) is 17.9 Å². The van der Waals surface area contributed by atoms with Gasteiger partial charge in [-0.1, -0.05) is 54.6 Å². The molecule has 0 heterocycles. The molecule has 0 amide bonds. The van der Waals surface area contributed by atoms with Crippen molar-refractivity contribution in [1.82, 2.24) is 5.32 Å². The molecule has 2 aliphatic carbocycles. The van der Waals surface area contributed by atoms with Gasteiger partial charge in [0.05, 0.1) is 0 Å². The summed E-state index contributed by atoms with van der Waals surface area (Å²) in [5, 5.41) is 3.48. The molecule has 2 aliphatic rings. The van der Waals surface area contributed by atoms with Gasteiger partial charge >= 0.3 is 0 Å². The van der Waals surface area contributed by atoms with Gasteiger partial charge in [0.2, 0.25) is 0 Å². The predicted octanol–water partition coefficient (Wildman–Crippen LogP) is 3.99. The van der Waals surface area contributed by atoms with Gasteiger partial charge in [-0.25, -0.2) is 0 Å². The van der Waals surface area contributed by atoms with Crippen LogP contribution in [0.15, 0.2) is 61.2 Å². The molecule has 0 aliphatic heterocycles. The zero-order valence-electron chi connectivity index (χ0n) is 12.3. The predicted molar refractivity (Wildman–Crippen MR) is 87.8 cm³/mol. The molecular weight excluding hydrogens is 254 g/mol. The minimum absolute atomic E-state index is 0.228. The van der Waals surface area contributed by atoms with E-state index in [2.05, 4.69) is 60.4 Å². The van der Waals surface area contributed by atoms with E-state index in [1.54, 1.807) is 22.3 Å². The zero-order valence-corrected chi connectivity index (χ0v) is 12.3. The molecule has 0 fully saturated rings. The van der Waals surface area contributed by atoms with E-state index >= 15 is 0 Å². The lowest BCUT2D eigenvalue weighted by atomic mass is 9.73. The molecule has 0 aromatic heterocycles. The Bertz CT molecular complexity index is 638. The molecule has 1 N–H and O–H groups in total. The van der Waals surface area contributed by atoms with E-state index in [-0.39, 0.29) is 5.41 Å². The normalized spacial score (nSPS) is 24.7. The maximum absolute atomic E-state index is 3.79. The second-order valence-electron chi connectivity index (χ2n) is 6.26. The lowest BCUT2D eigenvalue weighted by Gasteiger charge is -2.31. The maximum atomic E-state index is 3.79. The fourth-order valence-electron chi connectivity index (χ4n) is 4.45. The summed E-state index contributed by atoms with van der Waals surface area (Å²) in [6.07, 6.45) is 4.36. The molecule has 1 nitrogen and oxygen atoms in total. The highest BCUT2D eigenvalue weighted by atomic mass is 14.8. The Hall–Kier alpha value is -1.86. The first-order chi connectivity index (χ1) is 10.4. The maximum Gasteiger partial charge on any atom is 0.0229 e. The smallest absolute Gasteiger partial charge is 0.0229 e. The van der Waals surface area contributed by atoms with Gasteiger partial charge in [0.25, 0.3) is 0 Å². The zero-order chi connectivity index (χ0) is 14.3. The first-order valence-corrected chi connectivity index (χ1v) is 7.87. The summed E-state index contributed by atoms with van der Waals surface area (Å²) in [6.45, 7) is 5.72. The van der Waals surface area contributed by atoms with Gasteiger partial charge in [0.15, 0.2) is 0 Å². The van der Waals surface area contributed by atoms with E-state index in [1.807, 2.05) is 6.08 Å². The Kier molecular flexibility index (Phi) is 2.97. The van der Waals surface area contributed by atoms with Crippen LogP contribution in [-0.4, -0.2) is 13.1 Å². The number of hydrogen-bond acceptors (Lipinski definition) is 1. The largest absolute Gasteiger partial charge is 0.313 e. The fourth-order valence-corrected chi connectivity index (χ4v) is 4.45. The van der Waals surface area contributed by atoms with Crippen molar-refractivity contribution in [3.05, 3.63) is 83.4 Å². The van der Waals surface area contributed by atoms with Crippen LogP contribution in [-0.2, 0) is 5.41 Å². The van der Waals surface area contributed by atoms with E-state index in [9.17, 15) is 0 Å². The summed E-state index contributed by atoms with van der Waals surface area (Å²) < 4.78 is 0. The van der Waals surface area contributed by atoms with Gasteiger partial charge in [0.1, 0.15) is 0 Å². The van der Waals surface area contributed by atoms with Crippen LogP contribution < -0.4 is 5.32 Å². The molecule has 0 unspecified atom stereocenters. The minimum Gasteiger partial charge on any atom is -0.313 e. The molecule has 0 radical (unpaired) electrons. The average Bonchev–Trinajstić information content (AvgIpc) is 3.05. The van der Waals surface area contributed by atoms with Gasteiger partial charge in [-0.3, -0.25) is 0 Å². The molecule has 0 atom stereocenters. The van der Waals surface area contributed by atoms with Crippen LogP contribution in [0.3, 0.4) is 0 Å². The molecule has 4 rings (SSSR count). The van der Waals surface area contributed by atoms with Gasteiger partial charge in [-0.15, -0.1) is 6.58 Å². The van der Waals surface area contributed by atoms with Crippen LogP contribution in [0, 0.1) is 0 Å². The topological polar surface area (TPSA) is 12.0 Å². The first-order valence-electron chi connectivity index (χ1n) is 7.87. The number of rotatable bonds is 5. The van der Waals surface area contributed by atoms with Crippen LogP contribution in [0.5, 0.6) is 0 Å². The molecular formula is C20H21N. The second-order valence-corrected chi connectivity index (χ2v) is 6.26. The standard InChI is InChI=1S/C20H21N/c1-2-12-21-13-11-20-14-17(15-7-3-5-9-18(15)20)16-8-4-6-10-19(16)20/h2-10,17,21H,1,11-14H2. The number of hydrogen-bond donors (Lipinski definition) is 1. The third-order valence-corrected chi connectivity index (χ3v) is 5.27. The Morgan fingerprint density at radius 2 is 1.67 bits per heavy atom. The fraction of sp³-hybridized carbons (Fsp3) is 0.300. The third kappa shape index (κ3) is 1.74. The van der Waals surface area contributed by atoms with E-state index in [0.717, 1.165) is 13.1 Å². The lowest BCUT2D eigenvalue weighted by molar-refractivity contribution is 0.471. The van der Waals surface area contributed by atoms with Crippen molar-refractivity contribution in [3.63, 3.8) is 0 Å². The van der Waals surface area contributed by atoms with Crippen molar-refractivity contribution in [3.8, 4) is 0 Å². The summed E-state index contributed by atoms with van der Waals surface area (Å²) in [4.78, 5) is 0. The van der Waals surface area contributed by atoms with Crippen molar-refractivity contribution in [2.45, 2.75) is 24.2 Å². The monoisotopic (exact) mass is 275 g/mol. The highest BCUT2D eigenvalue weighted by molar-refractivity contribution is 5.62. The van der Waals surface area contributed by atoms with Crippen LogP contribution >= 0.6 is 0 Å². The number of benzene rings is 2. The molecule has 106 valence electrons. The van der Waals surface area contributed by atoms with Crippen molar-refractivity contribution in [2.24, 2.45) is 0 Å². The van der Waals surface area contributed by atoms with E-state index in [1.165, 1.54) is 12.8 Å². The van der Waals surface area contributed by atoms with Gasteiger partial charge < -0.3 is 5.32 Å². The summed E-state index contributed by atoms with van der Waals surface area (Å²) in [5.41, 5.74) is 6.47. The highest BCUT2D eigenvalue weighted by Crippen LogP contribution is 2.61. The van der Waals surface area contributed by atoms with E-state index in [0.29, 0.717) is 5.92 Å². The van der Waals surface area contributed by atoms with Crippen molar-refractivity contribution in [1.29, 1.82) is 0 Å². The SMILES string of the molecule is C=CCNCCC12CC(c3ccccc31)c1ccccc12. The minimum atomic E-state index is 0.228. The lowest BCUT2D eigenvalue weighted by Crippen LogP contribution is -2.29. The van der Waals surface area contributed by atoms with Crippen molar-refractivity contribution in [2.75, 3.05) is 13.1 Å². The Balaban J connectivity index is 1.77. The van der Waals surface area contributed by atoms with Gasteiger partial charge in [-0.2, -0.15) is 0 Å². The molecule has 0 saturated carbocycles. The molecule has 2 aromatic rings. The first kappa shape index (κ1) is 12.8. The van der Waals surface area contributed by atoms with Crippen LogP contribution in [0.4, 0.5) is 0 Å². The summed E-state index contributed by atoms with van der Waals surface area (Å²) in [5.74, 6) is 0.608. The second kappa shape index (κ2) is 4.85. The number of fused-ring (bicyclic) bond motifs is 8. The van der Waals surface area contributed by atoms with Crippen LogP contribution in [0.1, 0.15) is 41.0 Å².